The lowest BCUT2D eigenvalue weighted by Crippen LogP contribution is -2.34. The molecule has 0 saturated carbocycles. The molecule has 7 N–H and O–H groups in total. The van der Waals surface area contributed by atoms with E-state index in [0.717, 1.165) is 44.1 Å². The smallest absolute Gasteiger partial charge is 0.251 e. The average molecular weight is 911 g/mol. The van der Waals surface area contributed by atoms with Crippen LogP contribution in [0.15, 0.2) is 146 Å². The van der Waals surface area contributed by atoms with Crippen molar-refractivity contribution < 1.29 is 39.4 Å². The van der Waals surface area contributed by atoms with Crippen molar-refractivity contribution >= 4 is 23.6 Å². The SMILES string of the molecule is COC(c1cccc(C(=O)NCCCCCCC(=O)NO)c1)(c1ccccn1)c1ccccn1.O=C(CCCCCCNC(=O)c1cccc(C(O)(c2ccccn2)c2ccccn2)c1)NO. The first kappa shape index (κ1) is 50.8. The molecule has 67 heavy (non-hydrogen) atoms. The molecule has 0 saturated heterocycles. The fourth-order valence-electron chi connectivity index (χ4n) is 7.49. The van der Waals surface area contributed by atoms with E-state index in [1.54, 1.807) is 110 Å². The van der Waals surface area contributed by atoms with Gasteiger partial charge in [0, 0.05) is 69.0 Å². The molecule has 4 aromatic heterocycles. The van der Waals surface area contributed by atoms with Gasteiger partial charge >= 0.3 is 0 Å². The van der Waals surface area contributed by atoms with Crippen LogP contribution in [0.4, 0.5) is 0 Å². The number of rotatable bonds is 23. The van der Waals surface area contributed by atoms with E-state index in [4.69, 9.17) is 15.2 Å². The molecule has 4 heterocycles. The number of aromatic nitrogens is 4. The number of hydrogen-bond acceptors (Lipinski definition) is 12. The van der Waals surface area contributed by atoms with Crippen molar-refractivity contribution in [3.8, 4) is 0 Å². The highest BCUT2D eigenvalue weighted by Crippen LogP contribution is 2.38. The van der Waals surface area contributed by atoms with E-state index in [1.165, 1.54) is 0 Å². The molecule has 2 aromatic carbocycles. The van der Waals surface area contributed by atoms with Crippen LogP contribution < -0.4 is 21.6 Å². The van der Waals surface area contributed by atoms with Crippen LogP contribution in [0.2, 0.25) is 0 Å². The van der Waals surface area contributed by atoms with Gasteiger partial charge in [-0.3, -0.25) is 49.5 Å². The predicted molar refractivity (Wildman–Crippen MR) is 250 cm³/mol. The van der Waals surface area contributed by atoms with Crippen LogP contribution in [0.25, 0.3) is 0 Å². The molecule has 0 unspecified atom stereocenters. The minimum Gasteiger partial charge on any atom is -0.373 e. The fraction of sp³-hybridized carbons (Fsp3) is 0.294. The van der Waals surface area contributed by atoms with Gasteiger partial charge in [0.15, 0.2) is 11.2 Å². The largest absolute Gasteiger partial charge is 0.373 e. The van der Waals surface area contributed by atoms with Gasteiger partial charge in [-0.2, -0.15) is 0 Å². The summed E-state index contributed by atoms with van der Waals surface area (Å²) in [5.41, 5.74) is 4.92. The first-order valence-corrected chi connectivity index (χ1v) is 22.2. The topological polar surface area (TPSA) is 238 Å². The number of hydrogen-bond donors (Lipinski definition) is 7. The lowest BCUT2D eigenvalue weighted by Gasteiger charge is -2.32. The molecule has 6 rings (SSSR count). The standard InChI is InChI=1S/C26H30N4O4.C25H28N4O4/c1-34-26(22-13-5-8-16-27-22,23-14-6-9-17-28-23)21-12-10-11-20(19-21)25(32)29-18-7-3-2-4-15-24(31)30-33;30-23(29-33)14-3-1-2-6-17-28-24(31)19-10-9-11-20(18-19)25(32,21-12-4-7-15-26-21)22-13-5-8-16-27-22/h5-6,8-14,16-17,19,33H,2-4,7,15,18H2,1H3,(H,29,32)(H,30,31);4-5,7-13,15-16,18,32-33H,1-3,6,14,17H2,(H,28,31)(H,29,30). The third-order valence-electron chi connectivity index (χ3n) is 11.0. The molecule has 0 radical (unpaired) electrons. The Balaban J connectivity index is 0.000000251. The number of ether oxygens (including phenoxy) is 1. The summed E-state index contributed by atoms with van der Waals surface area (Å²) in [6, 6.07) is 36.0. The lowest BCUT2D eigenvalue weighted by atomic mass is 9.85. The lowest BCUT2D eigenvalue weighted by molar-refractivity contribution is -0.130. The van der Waals surface area contributed by atoms with Crippen LogP contribution >= 0.6 is 0 Å². The maximum absolute atomic E-state index is 12.8. The molecule has 0 aliphatic carbocycles. The van der Waals surface area contributed by atoms with Crippen LogP contribution in [-0.2, 0) is 25.5 Å². The van der Waals surface area contributed by atoms with Gasteiger partial charge in [-0.1, -0.05) is 74.2 Å². The average Bonchev–Trinajstić information content (AvgIpc) is 3.39. The zero-order chi connectivity index (χ0) is 47.7. The van der Waals surface area contributed by atoms with Crippen LogP contribution in [-0.4, -0.2) is 79.3 Å². The molecule has 0 aliphatic rings. The van der Waals surface area contributed by atoms with Crippen molar-refractivity contribution in [3.63, 3.8) is 0 Å². The summed E-state index contributed by atoms with van der Waals surface area (Å²) in [6.45, 7) is 1.03. The maximum atomic E-state index is 12.8. The zero-order valence-corrected chi connectivity index (χ0v) is 37.5. The second-order valence-corrected chi connectivity index (χ2v) is 15.5. The Kier molecular flexibility index (Phi) is 20.2. The second kappa shape index (κ2) is 26.7. The quantitative estimate of drug-likeness (QED) is 0.0206. The number of benzene rings is 2. The van der Waals surface area contributed by atoms with E-state index in [1.807, 2.05) is 54.6 Å². The number of nitrogens with one attached hydrogen (secondary N) is 4. The van der Waals surface area contributed by atoms with Crippen molar-refractivity contribution in [1.29, 1.82) is 0 Å². The number of nitrogens with zero attached hydrogens (tertiary/aromatic N) is 4. The number of methoxy groups -OCH3 is 1. The highest BCUT2D eigenvalue weighted by atomic mass is 16.5. The summed E-state index contributed by atoms with van der Waals surface area (Å²) in [7, 11) is 1.61. The summed E-state index contributed by atoms with van der Waals surface area (Å²) in [6.07, 6.45) is 13.6. The molecular weight excluding hydrogens is 853 g/mol. The van der Waals surface area contributed by atoms with Crippen LogP contribution in [0.3, 0.4) is 0 Å². The molecule has 6 aromatic rings. The number of aliphatic hydroxyl groups is 1. The van der Waals surface area contributed by atoms with Crippen molar-refractivity contribution in [2.45, 2.75) is 75.4 Å². The van der Waals surface area contributed by atoms with E-state index < -0.39 is 11.2 Å². The van der Waals surface area contributed by atoms with E-state index >= 15 is 0 Å². The van der Waals surface area contributed by atoms with E-state index in [2.05, 4.69) is 30.6 Å². The van der Waals surface area contributed by atoms with E-state index in [0.29, 0.717) is 71.8 Å². The molecule has 350 valence electrons. The number of carbonyl (C=O) groups is 4. The number of hydroxylamine groups is 2. The fourth-order valence-corrected chi connectivity index (χ4v) is 7.49. The van der Waals surface area contributed by atoms with E-state index in [9.17, 15) is 24.3 Å². The third kappa shape index (κ3) is 14.1. The molecule has 0 aliphatic heterocycles. The summed E-state index contributed by atoms with van der Waals surface area (Å²) in [4.78, 5) is 65.3. The monoisotopic (exact) mass is 910 g/mol. The van der Waals surface area contributed by atoms with Crippen LogP contribution in [0, 0.1) is 0 Å². The Morgan fingerprint density at radius 2 is 0.881 bits per heavy atom. The number of amides is 4. The predicted octanol–water partition coefficient (Wildman–Crippen LogP) is 6.55. The summed E-state index contributed by atoms with van der Waals surface area (Å²) < 4.78 is 6.09. The third-order valence-corrected chi connectivity index (χ3v) is 11.0. The van der Waals surface area contributed by atoms with Crippen molar-refractivity contribution in [2.75, 3.05) is 20.2 Å². The first-order valence-electron chi connectivity index (χ1n) is 22.2. The molecule has 0 spiro atoms. The highest BCUT2D eigenvalue weighted by molar-refractivity contribution is 5.95. The molecular formula is C51H58N8O8. The Morgan fingerprint density at radius 3 is 1.27 bits per heavy atom. The van der Waals surface area contributed by atoms with Gasteiger partial charge in [0.25, 0.3) is 11.8 Å². The number of carbonyl (C=O) groups excluding carboxylic acids is 4. The minimum atomic E-state index is -1.61. The Hall–Kier alpha value is -7.24. The molecule has 0 bridgehead atoms. The molecule has 4 amide bonds. The van der Waals surface area contributed by atoms with Gasteiger partial charge < -0.3 is 20.5 Å². The van der Waals surface area contributed by atoms with Crippen molar-refractivity contribution in [1.82, 2.24) is 41.5 Å². The van der Waals surface area contributed by atoms with Crippen molar-refractivity contribution in [3.05, 3.63) is 191 Å². The van der Waals surface area contributed by atoms with Crippen molar-refractivity contribution in [2.24, 2.45) is 0 Å². The van der Waals surface area contributed by atoms with Gasteiger partial charge in [0.1, 0.15) is 0 Å². The highest BCUT2D eigenvalue weighted by Gasteiger charge is 2.40. The first-order chi connectivity index (χ1) is 32.7. The van der Waals surface area contributed by atoms with Gasteiger partial charge in [0.2, 0.25) is 11.8 Å². The second-order valence-electron chi connectivity index (χ2n) is 15.5. The van der Waals surface area contributed by atoms with Gasteiger partial charge in [-0.25, -0.2) is 11.0 Å². The maximum Gasteiger partial charge on any atom is 0.251 e. The molecule has 16 nitrogen and oxygen atoms in total. The summed E-state index contributed by atoms with van der Waals surface area (Å²) >= 11 is 0. The minimum absolute atomic E-state index is 0.173. The van der Waals surface area contributed by atoms with Gasteiger partial charge in [-0.15, -0.1) is 0 Å². The zero-order valence-electron chi connectivity index (χ0n) is 37.5. The number of unbranched alkanes of at least 4 members (excludes halogenated alkanes) is 6. The van der Waals surface area contributed by atoms with Crippen LogP contribution in [0.5, 0.6) is 0 Å². The Labute approximate surface area is 390 Å². The molecule has 16 heteroatoms. The molecule has 0 fully saturated rings. The Morgan fingerprint density at radius 1 is 0.493 bits per heavy atom. The normalized spacial score (nSPS) is 11.1. The Bertz CT molecular complexity index is 2370. The summed E-state index contributed by atoms with van der Waals surface area (Å²) in [5.74, 6) is -1.18. The van der Waals surface area contributed by atoms with Gasteiger partial charge in [0.05, 0.1) is 22.8 Å². The van der Waals surface area contributed by atoms with Crippen LogP contribution in [0.1, 0.15) is 119 Å². The summed E-state index contributed by atoms with van der Waals surface area (Å²) in [5, 5.41) is 34.6. The van der Waals surface area contributed by atoms with Gasteiger partial charge in [-0.05, 0) is 110 Å². The van der Waals surface area contributed by atoms with E-state index in [-0.39, 0.29) is 30.0 Å². The number of pyridine rings is 4. The molecule has 0 atom stereocenters.